The fourth-order valence-corrected chi connectivity index (χ4v) is 3.01. The minimum absolute atomic E-state index is 0.0689. The molecule has 1 aromatic carbocycles. The number of piperidine rings is 1. The summed E-state index contributed by atoms with van der Waals surface area (Å²) in [6.07, 6.45) is 2.72. The Morgan fingerprint density at radius 2 is 1.73 bits per heavy atom. The number of carbonyl (C=O) groups excluding carboxylic acids is 3. The van der Waals surface area contributed by atoms with Gasteiger partial charge < -0.3 is 9.88 Å². The van der Waals surface area contributed by atoms with Gasteiger partial charge in [0.05, 0.1) is 0 Å². The van der Waals surface area contributed by atoms with Crippen LogP contribution in [0.1, 0.15) is 33.7 Å². The minimum Gasteiger partial charge on any atom is -0.357 e. The SMILES string of the molecule is O=C(NNC(=O)C1CCN(C(=O)c2ccc(Cl)cc2)CC1)c1ccc[nH]1. The third-order valence-corrected chi connectivity index (χ3v) is 4.64. The number of nitrogens with one attached hydrogen (secondary N) is 3. The number of H-pyrrole nitrogens is 1. The summed E-state index contributed by atoms with van der Waals surface area (Å²) in [5, 5.41) is 0.582. The predicted molar refractivity (Wildman–Crippen MR) is 96.5 cm³/mol. The van der Waals surface area contributed by atoms with Gasteiger partial charge in [-0.25, -0.2) is 0 Å². The van der Waals surface area contributed by atoms with Crippen LogP contribution in [0.3, 0.4) is 0 Å². The van der Waals surface area contributed by atoms with Crippen LogP contribution in [-0.4, -0.2) is 40.7 Å². The Labute approximate surface area is 155 Å². The van der Waals surface area contributed by atoms with Crippen molar-refractivity contribution >= 4 is 29.3 Å². The second kappa shape index (κ2) is 8.05. The van der Waals surface area contributed by atoms with Crippen LogP contribution < -0.4 is 10.9 Å². The van der Waals surface area contributed by atoms with Gasteiger partial charge >= 0.3 is 0 Å². The summed E-state index contributed by atoms with van der Waals surface area (Å²) in [6, 6.07) is 10.1. The van der Waals surface area contributed by atoms with E-state index < -0.39 is 5.91 Å². The van der Waals surface area contributed by atoms with E-state index in [2.05, 4.69) is 15.8 Å². The highest BCUT2D eigenvalue weighted by molar-refractivity contribution is 6.30. The molecule has 0 radical (unpaired) electrons. The van der Waals surface area contributed by atoms with Crippen molar-refractivity contribution in [2.24, 2.45) is 5.92 Å². The largest absolute Gasteiger partial charge is 0.357 e. The fraction of sp³-hybridized carbons (Fsp3) is 0.278. The second-order valence-electron chi connectivity index (χ2n) is 6.10. The number of hydrogen-bond acceptors (Lipinski definition) is 3. The number of hydrazine groups is 1. The fourth-order valence-electron chi connectivity index (χ4n) is 2.88. The maximum absolute atomic E-state index is 12.5. The molecular formula is C18H19ClN4O3. The van der Waals surface area contributed by atoms with Crippen LogP contribution in [0.4, 0.5) is 0 Å². The molecule has 0 bridgehead atoms. The molecule has 0 saturated carbocycles. The molecule has 0 atom stereocenters. The average molecular weight is 375 g/mol. The molecular weight excluding hydrogens is 356 g/mol. The first-order valence-electron chi connectivity index (χ1n) is 8.33. The van der Waals surface area contributed by atoms with E-state index in [1.54, 1.807) is 47.5 Å². The van der Waals surface area contributed by atoms with Gasteiger partial charge in [0.15, 0.2) is 0 Å². The van der Waals surface area contributed by atoms with Gasteiger partial charge in [0.1, 0.15) is 5.69 Å². The van der Waals surface area contributed by atoms with Gasteiger partial charge in [-0.3, -0.25) is 25.2 Å². The predicted octanol–water partition coefficient (Wildman–Crippen LogP) is 1.98. The van der Waals surface area contributed by atoms with Gasteiger partial charge in [-0.2, -0.15) is 0 Å². The zero-order chi connectivity index (χ0) is 18.5. The average Bonchev–Trinajstić information content (AvgIpc) is 3.21. The lowest BCUT2D eigenvalue weighted by Crippen LogP contribution is -2.48. The smallest absolute Gasteiger partial charge is 0.286 e. The summed E-state index contributed by atoms with van der Waals surface area (Å²) >= 11 is 5.84. The molecule has 7 nitrogen and oxygen atoms in total. The maximum atomic E-state index is 12.5. The normalized spacial score (nSPS) is 14.7. The van der Waals surface area contributed by atoms with Crippen molar-refractivity contribution in [3.8, 4) is 0 Å². The van der Waals surface area contributed by atoms with Crippen molar-refractivity contribution in [1.29, 1.82) is 0 Å². The molecule has 2 aromatic rings. The van der Waals surface area contributed by atoms with Crippen molar-refractivity contribution in [1.82, 2.24) is 20.7 Å². The van der Waals surface area contributed by atoms with Crippen LogP contribution >= 0.6 is 11.6 Å². The van der Waals surface area contributed by atoms with Gasteiger partial charge in [0, 0.05) is 35.8 Å². The van der Waals surface area contributed by atoms with Crippen molar-refractivity contribution < 1.29 is 14.4 Å². The van der Waals surface area contributed by atoms with Crippen molar-refractivity contribution in [2.75, 3.05) is 13.1 Å². The van der Waals surface area contributed by atoms with Gasteiger partial charge in [-0.15, -0.1) is 0 Å². The summed E-state index contributed by atoms with van der Waals surface area (Å²) in [6.45, 7) is 0.980. The summed E-state index contributed by atoms with van der Waals surface area (Å²) in [5.41, 5.74) is 5.78. The third kappa shape index (κ3) is 4.23. The van der Waals surface area contributed by atoms with E-state index in [4.69, 9.17) is 11.6 Å². The molecule has 8 heteroatoms. The Hall–Kier alpha value is -2.80. The summed E-state index contributed by atoms with van der Waals surface area (Å²) in [4.78, 5) is 40.9. The number of likely N-dealkylation sites (tertiary alicyclic amines) is 1. The van der Waals surface area contributed by atoms with Crippen LogP contribution in [0.15, 0.2) is 42.6 Å². The molecule has 3 rings (SSSR count). The Balaban J connectivity index is 1.47. The molecule has 1 aliphatic rings. The van der Waals surface area contributed by atoms with Crippen molar-refractivity contribution in [2.45, 2.75) is 12.8 Å². The van der Waals surface area contributed by atoms with E-state index in [0.717, 1.165) is 0 Å². The molecule has 1 aliphatic heterocycles. The van der Waals surface area contributed by atoms with Crippen molar-refractivity contribution in [3.05, 3.63) is 58.9 Å². The zero-order valence-electron chi connectivity index (χ0n) is 14.0. The Bertz CT molecular complexity index is 781. The van der Waals surface area contributed by atoms with Crippen LogP contribution in [0, 0.1) is 5.92 Å². The molecule has 136 valence electrons. The second-order valence-corrected chi connectivity index (χ2v) is 6.54. The number of hydrogen-bond donors (Lipinski definition) is 3. The van der Waals surface area contributed by atoms with E-state index in [1.165, 1.54) is 0 Å². The molecule has 0 spiro atoms. The molecule has 1 aromatic heterocycles. The number of aromatic nitrogens is 1. The molecule has 2 heterocycles. The zero-order valence-corrected chi connectivity index (χ0v) is 14.8. The summed E-state index contributed by atoms with van der Waals surface area (Å²) in [5.74, 6) is -0.962. The van der Waals surface area contributed by atoms with E-state index >= 15 is 0 Å². The van der Waals surface area contributed by atoms with Crippen LogP contribution in [0.5, 0.6) is 0 Å². The molecule has 1 fully saturated rings. The monoisotopic (exact) mass is 374 g/mol. The van der Waals surface area contributed by atoms with Gasteiger partial charge in [-0.1, -0.05) is 11.6 Å². The highest BCUT2D eigenvalue weighted by Crippen LogP contribution is 2.20. The van der Waals surface area contributed by atoms with E-state index in [-0.39, 0.29) is 17.7 Å². The first kappa shape index (κ1) is 18.0. The molecule has 26 heavy (non-hydrogen) atoms. The molecule has 3 amide bonds. The van der Waals surface area contributed by atoms with E-state index in [0.29, 0.717) is 42.2 Å². The number of benzene rings is 1. The van der Waals surface area contributed by atoms with Crippen LogP contribution in [0.25, 0.3) is 0 Å². The Morgan fingerprint density at radius 1 is 1.04 bits per heavy atom. The Morgan fingerprint density at radius 3 is 2.35 bits per heavy atom. The maximum Gasteiger partial charge on any atom is 0.286 e. The van der Waals surface area contributed by atoms with E-state index in [9.17, 15) is 14.4 Å². The first-order valence-corrected chi connectivity index (χ1v) is 8.71. The standard InChI is InChI=1S/C18H19ClN4O3/c19-14-5-3-13(4-6-14)18(26)23-10-7-12(8-11-23)16(24)21-22-17(25)15-2-1-9-20-15/h1-6,9,12,20H,7-8,10-11H2,(H,21,24)(H,22,25). The number of amides is 3. The molecule has 3 N–H and O–H groups in total. The quantitative estimate of drug-likeness (QED) is 0.717. The highest BCUT2D eigenvalue weighted by atomic mass is 35.5. The number of aromatic amines is 1. The third-order valence-electron chi connectivity index (χ3n) is 4.39. The van der Waals surface area contributed by atoms with Gasteiger partial charge in [0.2, 0.25) is 5.91 Å². The van der Waals surface area contributed by atoms with E-state index in [1.807, 2.05) is 0 Å². The molecule has 0 aliphatic carbocycles. The molecule has 0 unspecified atom stereocenters. The summed E-state index contributed by atoms with van der Waals surface area (Å²) < 4.78 is 0. The number of carbonyl (C=O) groups is 3. The lowest BCUT2D eigenvalue weighted by molar-refractivity contribution is -0.127. The first-order chi connectivity index (χ1) is 12.5. The topological polar surface area (TPSA) is 94.3 Å². The molecule has 1 saturated heterocycles. The van der Waals surface area contributed by atoms with Crippen molar-refractivity contribution in [3.63, 3.8) is 0 Å². The van der Waals surface area contributed by atoms with Crippen LogP contribution in [-0.2, 0) is 4.79 Å². The number of rotatable bonds is 3. The lowest BCUT2D eigenvalue weighted by atomic mass is 9.95. The van der Waals surface area contributed by atoms with Crippen LogP contribution in [0.2, 0.25) is 5.02 Å². The Kier molecular flexibility index (Phi) is 5.58. The van der Waals surface area contributed by atoms with Gasteiger partial charge in [-0.05, 0) is 49.2 Å². The number of nitrogens with zero attached hydrogens (tertiary/aromatic N) is 1. The number of halogens is 1. The minimum atomic E-state index is -0.404. The lowest BCUT2D eigenvalue weighted by Gasteiger charge is -2.31. The van der Waals surface area contributed by atoms with Gasteiger partial charge in [0.25, 0.3) is 11.8 Å². The summed E-state index contributed by atoms with van der Waals surface area (Å²) in [7, 11) is 0. The highest BCUT2D eigenvalue weighted by Gasteiger charge is 2.28.